The molecule has 0 amide bonds. The number of hydrogen-bond donors (Lipinski definition) is 2. The van der Waals surface area contributed by atoms with E-state index in [0.29, 0.717) is 18.4 Å². The zero-order valence-corrected chi connectivity index (χ0v) is 11.9. The summed E-state index contributed by atoms with van der Waals surface area (Å²) in [5.74, 6) is -0.413. The number of carboxylic acids is 1. The highest BCUT2D eigenvalue weighted by Crippen LogP contribution is 2.38. The van der Waals surface area contributed by atoms with Crippen LogP contribution in [0.4, 0.5) is 0 Å². The molecule has 0 radical (unpaired) electrons. The molecule has 0 aliphatic heterocycles. The maximum atomic E-state index is 12.3. The molecule has 1 aliphatic carbocycles. The summed E-state index contributed by atoms with van der Waals surface area (Å²) < 4.78 is 25.8. The molecule has 1 heterocycles. The molecule has 2 atom stereocenters. The van der Waals surface area contributed by atoms with Crippen LogP contribution in [0, 0.1) is 18.8 Å². The van der Waals surface area contributed by atoms with Gasteiger partial charge in [0.2, 0.25) is 5.03 Å². The number of sulfonamides is 1. The van der Waals surface area contributed by atoms with Gasteiger partial charge in [-0.2, -0.15) is 9.40 Å². The van der Waals surface area contributed by atoms with E-state index in [0.717, 1.165) is 6.42 Å². The number of nitrogens with zero attached hydrogens (tertiary/aromatic N) is 2. The van der Waals surface area contributed by atoms with Gasteiger partial charge < -0.3 is 5.11 Å². The lowest BCUT2D eigenvalue weighted by molar-refractivity contribution is 0.0691. The molecule has 106 valence electrons. The number of aromatic carboxylic acids is 1. The fraction of sp³-hybridized carbons (Fsp3) is 0.636. The van der Waals surface area contributed by atoms with E-state index in [1.807, 2.05) is 0 Å². The molecule has 19 heavy (non-hydrogen) atoms. The van der Waals surface area contributed by atoms with E-state index in [1.54, 1.807) is 0 Å². The van der Waals surface area contributed by atoms with E-state index in [4.69, 9.17) is 5.11 Å². The minimum atomic E-state index is -3.86. The second kappa shape index (κ2) is 4.61. The van der Waals surface area contributed by atoms with Gasteiger partial charge in [0, 0.05) is 19.3 Å². The van der Waals surface area contributed by atoms with Crippen LogP contribution in [0.3, 0.4) is 0 Å². The molecule has 1 fully saturated rings. The van der Waals surface area contributed by atoms with E-state index >= 15 is 0 Å². The van der Waals surface area contributed by atoms with Crippen LogP contribution in [0.15, 0.2) is 5.03 Å². The van der Waals surface area contributed by atoms with Gasteiger partial charge in [0.15, 0.2) is 0 Å². The summed E-state index contributed by atoms with van der Waals surface area (Å²) in [5, 5.41) is 14.7. The van der Waals surface area contributed by atoms with Crippen LogP contribution in [0.2, 0.25) is 0 Å². The Morgan fingerprint density at radius 3 is 2.63 bits per heavy atom. The molecule has 2 rings (SSSR count). The quantitative estimate of drug-likeness (QED) is 0.829. The van der Waals surface area contributed by atoms with Gasteiger partial charge in [0.1, 0.15) is 5.56 Å². The second-order valence-corrected chi connectivity index (χ2v) is 7.05. The van der Waals surface area contributed by atoms with Crippen molar-refractivity contribution in [3.05, 3.63) is 11.3 Å². The van der Waals surface area contributed by atoms with Crippen LogP contribution >= 0.6 is 0 Å². The first-order valence-electron chi connectivity index (χ1n) is 5.99. The Morgan fingerprint density at radius 2 is 2.16 bits per heavy atom. The maximum Gasteiger partial charge on any atom is 0.340 e. The average molecular weight is 287 g/mol. The molecular weight excluding hydrogens is 270 g/mol. The topological polar surface area (TPSA) is 103 Å². The van der Waals surface area contributed by atoms with Crippen LogP contribution in [-0.2, 0) is 10.0 Å². The summed E-state index contributed by atoms with van der Waals surface area (Å²) in [6.45, 7) is 3.94. The Labute approximate surface area is 111 Å². The van der Waals surface area contributed by atoms with Crippen LogP contribution in [0.25, 0.3) is 0 Å². The van der Waals surface area contributed by atoms with Gasteiger partial charge in [-0.1, -0.05) is 6.92 Å². The monoisotopic (exact) mass is 287 g/mol. The summed E-state index contributed by atoms with van der Waals surface area (Å²) in [4.78, 5) is 11.1. The largest absolute Gasteiger partial charge is 0.478 e. The number of carboxylic acid groups (broad SMARTS) is 1. The fourth-order valence-electron chi connectivity index (χ4n) is 2.07. The van der Waals surface area contributed by atoms with E-state index in [1.165, 1.54) is 18.3 Å². The number of nitrogens with one attached hydrogen (secondary N) is 1. The first-order chi connectivity index (χ1) is 8.75. The lowest BCUT2D eigenvalue weighted by Gasteiger charge is -2.15. The summed E-state index contributed by atoms with van der Waals surface area (Å²) in [6, 6.07) is 0. The normalized spacial score (nSPS) is 22.7. The van der Waals surface area contributed by atoms with E-state index in [2.05, 4.69) is 17.1 Å². The third kappa shape index (κ3) is 2.50. The molecule has 8 heteroatoms. The highest BCUT2D eigenvalue weighted by atomic mass is 32.2. The molecule has 7 nitrogen and oxygen atoms in total. The number of hydrogen-bond acceptors (Lipinski definition) is 4. The van der Waals surface area contributed by atoms with Crippen LogP contribution in [-0.4, -0.2) is 47.6 Å². The predicted molar refractivity (Wildman–Crippen MR) is 67.4 cm³/mol. The lowest BCUT2D eigenvalue weighted by Crippen LogP contribution is -2.30. The van der Waals surface area contributed by atoms with Crippen molar-refractivity contribution >= 4 is 16.0 Å². The van der Waals surface area contributed by atoms with Gasteiger partial charge in [-0.05, 0) is 25.2 Å². The Balaban J connectivity index is 2.31. The number of rotatable bonds is 5. The van der Waals surface area contributed by atoms with Gasteiger partial charge in [-0.3, -0.25) is 5.10 Å². The molecule has 2 unspecified atom stereocenters. The average Bonchev–Trinajstić information content (AvgIpc) is 2.84. The molecule has 0 saturated heterocycles. The Hall–Kier alpha value is -1.41. The molecule has 2 N–H and O–H groups in total. The van der Waals surface area contributed by atoms with Gasteiger partial charge in [-0.25, -0.2) is 13.2 Å². The second-order valence-electron chi connectivity index (χ2n) is 5.09. The van der Waals surface area contributed by atoms with Gasteiger partial charge in [0.05, 0.1) is 0 Å². The van der Waals surface area contributed by atoms with E-state index in [9.17, 15) is 13.2 Å². The molecule has 1 aromatic heterocycles. The fourth-order valence-corrected chi connectivity index (χ4v) is 3.42. The summed E-state index contributed by atoms with van der Waals surface area (Å²) in [7, 11) is -2.41. The standard InChI is InChI=1S/C11H17N3O4S/c1-6-4-8(6)5-14(3)19(17,18)10-9(11(15)16)7(2)12-13-10/h6,8H,4-5H2,1-3H3,(H,12,13)(H,15,16). The van der Waals surface area contributed by atoms with Crippen molar-refractivity contribution in [3.8, 4) is 0 Å². The van der Waals surface area contributed by atoms with Gasteiger partial charge in [-0.15, -0.1) is 0 Å². The SMILES string of the molecule is Cc1[nH]nc(S(=O)(=O)N(C)CC2CC2C)c1C(=O)O. The zero-order chi connectivity index (χ0) is 14.4. The molecule has 1 saturated carbocycles. The number of aromatic nitrogens is 2. The van der Waals surface area contributed by atoms with Crippen LogP contribution in [0.1, 0.15) is 29.4 Å². The number of H-pyrrole nitrogens is 1. The minimum absolute atomic E-state index is 0.235. The van der Waals surface area contributed by atoms with Crippen molar-refractivity contribution in [2.45, 2.75) is 25.3 Å². The highest BCUT2D eigenvalue weighted by molar-refractivity contribution is 7.89. The molecular formula is C11H17N3O4S. The van der Waals surface area contributed by atoms with Gasteiger partial charge >= 0.3 is 5.97 Å². The predicted octanol–water partition coefficient (Wildman–Crippen LogP) is 0.693. The Bertz CT molecular complexity index is 607. The highest BCUT2D eigenvalue weighted by Gasteiger charge is 2.38. The van der Waals surface area contributed by atoms with Crippen molar-refractivity contribution in [2.75, 3.05) is 13.6 Å². The molecule has 1 aromatic rings. The third-order valence-electron chi connectivity index (χ3n) is 3.55. The minimum Gasteiger partial charge on any atom is -0.478 e. The smallest absolute Gasteiger partial charge is 0.340 e. The molecule has 0 spiro atoms. The first-order valence-corrected chi connectivity index (χ1v) is 7.43. The van der Waals surface area contributed by atoms with Crippen molar-refractivity contribution in [2.24, 2.45) is 11.8 Å². The molecule has 0 bridgehead atoms. The van der Waals surface area contributed by atoms with Crippen LogP contribution in [0.5, 0.6) is 0 Å². The summed E-state index contributed by atoms with van der Waals surface area (Å²) >= 11 is 0. The summed E-state index contributed by atoms with van der Waals surface area (Å²) in [5.41, 5.74) is -0.0463. The van der Waals surface area contributed by atoms with Crippen molar-refractivity contribution in [1.29, 1.82) is 0 Å². The Morgan fingerprint density at radius 1 is 1.58 bits per heavy atom. The van der Waals surface area contributed by atoms with Gasteiger partial charge in [0.25, 0.3) is 10.0 Å². The molecule has 0 aromatic carbocycles. The van der Waals surface area contributed by atoms with E-state index < -0.39 is 21.0 Å². The van der Waals surface area contributed by atoms with Crippen molar-refractivity contribution in [3.63, 3.8) is 0 Å². The zero-order valence-electron chi connectivity index (χ0n) is 11.0. The van der Waals surface area contributed by atoms with Crippen molar-refractivity contribution < 1.29 is 18.3 Å². The van der Waals surface area contributed by atoms with E-state index in [-0.39, 0.29) is 11.3 Å². The third-order valence-corrected chi connectivity index (χ3v) is 5.30. The maximum absolute atomic E-state index is 12.3. The van der Waals surface area contributed by atoms with Crippen molar-refractivity contribution in [1.82, 2.24) is 14.5 Å². The lowest BCUT2D eigenvalue weighted by atomic mass is 10.3. The molecule has 1 aliphatic rings. The Kier molecular flexibility index (Phi) is 3.40. The number of aromatic amines is 1. The summed E-state index contributed by atoms with van der Waals surface area (Å²) in [6.07, 6.45) is 1.01. The first kappa shape index (κ1) is 14.0. The number of carbonyl (C=O) groups is 1. The van der Waals surface area contributed by atoms with Crippen LogP contribution < -0.4 is 0 Å². The number of aryl methyl sites for hydroxylation is 1.